The second-order valence-electron chi connectivity index (χ2n) is 3.65. The fraction of sp³-hybridized carbons (Fsp3) is 0.833. The summed E-state index contributed by atoms with van der Waals surface area (Å²) in [6.07, 6.45) is 8.30. The highest BCUT2D eigenvalue weighted by atomic mass is 16.3. The van der Waals surface area contributed by atoms with Crippen molar-refractivity contribution in [2.75, 3.05) is 6.61 Å². The molecule has 1 unspecified atom stereocenters. The van der Waals surface area contributed by atoms with Crippen LogP contribution in [0.15, 0.2) is 11.6 Å². The first-order valence-corrected chi connectivity index (χ1v) is 5.58. The quantitative estimate of drug-likeness (QED) is 0.600. The molecule has 0 rings (SSSR count). The zero-order valence-electron chi connectivity index (χ0n) is 9.34. The minimum atomic E-state index is 0.235. The van der Waals surface area contributed by atoms with Crippen LogP contribution < -0.4 is 0 Å². The van der Waals surface area contributed by atoms with E-state index in [0.717, 1.165) is 6.42 Å². The topological polar surface area (TPSA) is 20.2 Å². The van der Waals surface area contributed by atoms with Gasteiger partial charge in [0.05, 0.1) is 6.61 Å². The van der Waals surface area contributed by atoms with Crippen molar-refractivity contribution in [1.29, 1.82) is 0 Å². The Labute approximate surface area is 82.9 Å². The van der Waals surface area contributed by atoms with Crippen LogP contribution in [0.2, 0.25) is 0 Å². The maximum Gasteiger partial charge on any atom is 0.0641 e. The van der Waals surface area contributed by atoms with E-state index in [1.165, 1.54) is 31.3 Å². The average molecular weight is 184 g/mol. The molecule has 0 aliphatic carbocycles. The van der Waals surface area contributed by atoms with Crippen molar-refractivity contribution in [3.05, 3.63) is 11.6 Å². The maximum absolute atomic E-state index is 9.03. The molecule has 0 bridgehead atoms. The van der Waals surface area contributed by atoms with Crippen molar-refractivity contribution in [3.63, 3.8) is 0 Å². The van der Waals surface area contributed by atoms with Crippen LogP contribution in [-0.4, -0.2) is 11.7 Å². The maximum atomic E-state index is 9.03. The molecular formula is C12H24O. The van der Waals surface area contributed by atoms with Gasteiger partial charge in [-0.1, -0.05) is 39.7 Å². The molecule has 0 fully saturated rings. The van der Waals surface area contributed by atoms with Gasteiger partial charge in [-0.05, 0) is 30.8 Å². The molecule has 0 aliphatic heterocycles. The number of aliphatic hydroxyl groups excluding tert-OH is 1. The SMILES string of the molecule is CCCCC(C=C(CC)CO)CC. The summed E-state index contributed by atoms with van der Waals surface area (Å²) in [6.45, 7) is 6.79. The number of rotatable bonds is 7. The third kappa shape index (κ3) is 5.87. The van der Waals surface area contributed by atoms with Crippen molar-refractivity contribution < 1.29 is 5.11 Å². The minimum Gasteiger partial charge on any atom is -0.392 e. The number of aliphatic hydroxyl groups is 1. The Morgan fingerprint density at radius 1 is 1.31 bits per heavy atom. The summed E-state index contributed by atoms with van der Waals surface area (Å²) in [5, 5.41) is 9.03. The van der Waals surface area contributed by atoms with Crippen LogP contribution in [0.5, 0.6) is 0 Å². The van der Waals surface area contributed by atoms with E-state index >= 15 is 0 Å². The van der Waals surface area contributed by atoms with Crippen molar-refractivity contribution >= 4 is 0 Å². The van der Waals surface area contributed by atoms with Crippen LogP contribution in [-0.2, 0) is 0 Å². The van der Waals surface area contributed by atoms with Gasteiger partial charge in [0.15, 0.2) is 0 Å². The molecule has 78 valence electrons. The molecular weight excluding hydrogens is 160 g/mol. The van der Waals surface area contributed by atoms with E-state index in [1.54, 1.807) is 0 Å². The van der Waals surface area contributed by atoms with E-state index in [1.807, 2.05) is 0 Å². The number of unbranched alkanes of at least 4 members (excludes halogenated alkanes) is 1. The van der Waals surface area contributed by atoms with Gasteiger partial charge in [0.1, 0.15) is 0 Å². The smallest absolute Gasteiger partial charge is 0.0641 e. The highest BCUT2D eigenvalue weighted by Gasteiger charge is 2.03. The van der Waals surface area contributed by atoms with Gasteiger partial charge in [0, 0.05) is 0 Å². The van der Waals surface area contributed by atoms with Gasteiger partial charge in [0.25, 0.3) is 0 Å². The predicted molar refractivity (Wildman–Crippen MR) is 58.8 cm³/mol. The minimum absolute atomic E-state index is 0.235. The molecule has 0 saturated heterocycles. The summed E-state index contributed by atoms with van der Waals surface area (Å²) >= 11 is 0. The number of hydrogen-bond donors (Lipinski definition) is 1. The number of allylic oxidation sites excluding steroid dienone is 1. The van der Waals surface area contributed by atoms with Crippen molar-refractivity contribution in [2.45, 2.75) is 52.9 Å². The molecule has 0 amide bonds. The van der Waals surface area contributed by atoms with Crippen LogP contribution in [0.3, 0.4) is 0 Å². The Balaban J connectivity index is 3.98. The molecule has 0 aromatic carbocycles. The lowest BCUT2D eigenvalue weighted by molar-refractivity contribution is 0.325. The number of hydrogen-bond acceptors (Lipinski definition) is 1. The lowest BCUT2D eigenvalue weighted by atomic mass is 9.96. The van der Waals surface area contributed by atoms with E-state index in [-0.39, 0.29) is 6.61 Å². The van der Waals surface area contributed by atoms with Crippen LogP contribution in [0.4, 0.5) is 0 Å². The van der Waals surface area contributed by atoms with Gasteiger partial charge in [0.2, 0.25) is 0 Å². The Bertz CT molecular complexity index is 132. The first kappa shape index (κ1) is 12.7. The van der Waals surface area contributed by atoms with E-state index in [2.05, 4.69) is 26.8 Å². The molecule has 0 aromatic heterocycles. The van der Waals surface area contributed by atoms with Crippen molar-refractivity contribution in [1.82, 2.24) is 0 Å². The van der Waals surface area contributed by atoms with Crippen LogP contribution in [0, 0.1) is 5.92 Å². The molecule has 1 heteroatoms. The fourth-order valence-corrected chi connectivity index (χ4v) is 1.49. The molecule has 13 heavy (non-hydrogen) atoms. The summed E-state index contributed by atoms with van der Waals surface area (Å²) < 4.78 is 0. The van der Waals surface area contributed by atoms with Crippen molar-refractivity contribution in [3.8, 4) is 0 Å². The third-order valence-electron chi connectivity index (χ3n) is 2.58. The summed E-state index contributed by atoms with van der Waals surface area (Å²) in [5.74, 6) is 0.682. The highest BCUT2D eigenvalue weighted by Crippen LogP contribution is 2.16. The Kier molecular flexibility index (Phi) is 8.11. The molecule has 1 atom stereocenters. The second-order valence-corrected chi connectivity index (χ2v) is 3.65. The molecule has 0 heterocycles. The first-order valence-electron chi connectivity index (χ1n) is 5.58. The van der Waals surface area contributed by atoms with Gasteiger partial charge in [-0.25, -0.2) is 0 Å². The molecule has 0 saturated carbocycles. The van der Waals surface area contributed by atoms with Crippen molar-refractivity contribution in [2.24, 2.45) is 5.92 Å². The van der Waals surface area contributed by atoms with Crippen LogP contribution in [0.25, 0.3) is 0 Å². The summed E-state index contributed by atoms with van der Waals surface area (Å²) in [7, 11) is 0. The molecule has 0 radical (unpaired) electrons. The molecule has 1 nitrogen and oxygen atoms in total. The molecule has 0 aliphatic rings. The van der Waals surface area contributed by atoms with E-state index in [4.69, 9.17) is 5.11 Å². The normalized spacial score (nSPS) is 14.6. The lowest BCUT2D eigenvalue weighted by Crippen LogP contribution is -1.98. The second kappa shape index (κ2) is 8.31. The van der Waals surface area contributed by atoms with Gasteiger partial charge in [-0.15, -0.1) is 0 Å². The molecule has 1 N–H and O–H groups in total. The van der Waals surface area contributed by atoms with Crippen LogP contribution in [0.1, 0.15) is 52.9 Å². The first-order chi connectivity index (χ1) is 6.28. The van der Waals surface area contributed by atoms with Gasteiger partial charge in [-0.2, -0.15) is 0 Å². The zero-order valence-corrected chi connectivity index (χ0v) is 9.34. The monoisotopic (exact) mass is 184 g/mol. The van der Waals surface area contributed by atoms with Crippen LogP contribution >= 0.6 is 0 Å². The van der Waals surface area contributed by atoms with E-state index in [0.29, 0.717) is 5.92 Å². The summed E-state index contributed by atoms with van der Waals surface area (Å²) in [4.78, 5) is 0. The fourth-order valence-electron chi connectivity index (χ4n) is 1.49. The molecule has 0 aromatic rings. The standard InChI is InChI=1S/C12H24O/c1-4-7-8-11(5-2)9-12(6-3)10-13/h9,11,13H,4-8,10H2,1-3H3. The van der Waals surface area contributed by atoms with E-state index in [9.17, 15) is 0 Å². The predicted octanol–water partition coefficient (Wildman–Crippen LogP) is 3.53. The van der Waals surface area contributed by atoms with Gasteiger partial charge in [-0.3, -0.25) is 0 Å². The van der Waals surface area contributed by atoms with E-state index < -0.39 is 0 Å². The lowest BCUT2D eigenvalue weighted by Gasteiger charge is -2.11. The van der Waals surface area contributed by atoms with Gasteiger partial charge < -0.3 is 5.11 Å². The molecule has 0 spiro atoms. The highest BCUT2D eigenvalue weighted by molar-refractivity contribution is 5.03. The average Bonchev–Trinajstić information content (AvgIpc) is 2.19. The largest absolute Gasteiger partial charge is 0.392 e. The Morgan fingerprint density at radius 3 is 2.38 bits per heavy atom. The summed E-state index contributed by atoms with van der Waals surface area (Å²) in [5.41, 5.74) is 1.20. The Morgan fingerprint density at radius 2 is 2.00 bits per heavy atom. The zero-order chi connectivity index (χ0) is 10.1. The van der Waals surface area contributed by atoms with Gasteiger partial charge >= 0.3 is 0 Å². The third-order valence-corrected chi connectivity index (χ3v) is 2.58. The summed E-state index contributed by atoms with van der Waals surface area (Å²) in [6, 6.07) is 0. The Hall–Kier alpha value is -0.300.